The summed E-state index contributed by atoms with van der Waals surface area (Å²) in [5.41, 5.74) is 3.99. The lowest BCUT2D eigenvalue weighted by molar-refractivity contribution is 0.809. The maximum atomic E-state index is 3.51. The Hall–Kier alpha value is -0.600. The summed E-state index contributed by atoms with van der Waals surface area (Å²) in [6.45, 7) is 5.33. The minimum Gasteiger partial charge on any atom is -0.319 e. The minimum atomic E-state index is 1.03. The number of aryl methyl sites for hydroxylation is 2. The van der Waals surface area contributed by atoms with E-state index in [0.29, 0.717) is 0 Å². The second-order valence-electron chi connectivity index (χ2n) is 3.75. The van der Waals surface area contributed by atoms with Crippen LogP contribution in [0.1, 0.15) is 23.1 Å². The standard InChI is InChI=1S/C13H18BrN/c1-10-8-12(14)9-11(2)13(10)6-4-5-7-15-3/h4,6,8-9,15H,5,7H2,1-3H3. The van der Waals surface area contributed by atoms with Crippen LogP contribution in [0.4, 0.5) is 0 Å². The molecule has 1 aromatic carbocycles. The van der Waals surface area contributed by atoms with Gasteiger partial charge in [0.1, 0.15) is 0 Å². The molecule has 1 aromatic rings. The predicted molar refractivity (Wildman–Crippen MR) is 71.2 cm³/mol. The highest BCUT2D eigenvalue weighted by Crippen LogP contribution is 2.21. The van der Waals surface area contributed by atoms with Crippen LogP contribution in [0.25, 0.3) is 6.08 Å². The Bertz CT molecular complexity index is 333. The van der Waals surface area contributed by atoms with Gasteiger partial charge in [0.25, 0.3) is 0 Å². The zero-order valence-electron chi connectivity index (χ0n) is 9.60. The van der Waals surface area contributed by atoms with Crippen molar-refractivity contribution in [3.63, 3.8) is 0 Å². The lowest BCUT2D eigenvalue weighted by Crippen LogP contribution is -2.05. The number of nitrogens with one attached hydrogen (secondary N) is 1. The van der Waals surface area contributed by atoms with E-state index < -0.39 is 0 Å². The van der Waals surface area contributed by atoms with Gasteiger partial charge in [-0.15, -0.1) is 0 Å². The summed E-state index contributed by atoms with van der Waals surface area (Å²) >= 11 is 3.51. The normalized spacial score (nSPS) is 11.2. The lowest BCUT2D eigenvalue weighted by atomic mass is 10.0. The molecule has 82 valence electrons. The molecule has 0 aromatic heterocycles. The van der Waals surface area contributed by atoms with Crippen molar-refractivity contribution in [3.8, 4) is 0 Å². The van der Waals surface area contributed by atoms with E-state index in [1.807, 2.05) is 7.05 Å². The lowest BCUT2D eigenvalue weighted by Gasteiger charge is -2.06. The van der Waals surface area contributed by atoms with Crippen molar-refractivity contribution in [2.24, 2.45) is 0 Å². The van der Waals surface area contributed by atoms with E-state index in [-0.39, 0.29) is 0 Å². The fraction of sp³-hybridized carbons (Fsp3) is 0.385. The number of hydrogen-bond donors (Lipinski definition) is 1. The van der Waals surface area contributed by atoms with E-state index in [1.165, 1.54) is 16.7 Å². The Balaban J connectivity index is 2.80. The molecule has 1 nitrogen and oxygen atoms in total. The highest BCUT2D eigenvalue weighted by atomic mass is 79.9. The third kappa shape index (κ3) is 3.80. The molecule has 1 N–H and O–H groups in total. The number of halogens is 1. The third-order valence-corrected chi connectivity index (χ3v) is 2.86. The van der Waals surface area contributed by atoms with E-state index in [2.05, 4.69) is 59.4 Å². The van der Waals surface area contributed by atoms with Gasteiger partial charge >= 0.3 is 0 Å². The summed E-state index contributed by atoms with van der Waals surface area (Å²) in [5, 5.41) is 3.13. The summed E-state index contributed by atoms with van der Waals surface area (Å²) in [5.74, 6) is 0. The minimum absolute atomic E-state index is 1.03. The van der Waals surface area contributed by atoms with Gasteiger partial charge in [0.05, 0.1) is 0 Å². The van der Waals surface area contributed by atoms with Crippen LogP contribution < -0.4 is 5.32 Å². The van der Waals surface area contributed by atoms with Gasteiger partial charge < -0.3 is 5.32 Å². The zero-order valence-corrected chi connectivity index (χ0v) is 11.2. The largest absolute Gasteiger partial charge is 0.319 e. The molecule has 0 heterocycles. The molecule has 1 rings (SSSR count). The summed E-state index contributed by atoms with van der Waals surface area (Å²) in [7, 11) is 1.98. The van der Waals surface area contributed by atoms with Crippen LogP contribution in [0.3, 0.4) is 0 Å². The van der Waals surface area contributed by atoms with Gasteiger partial charge in [-0.1, -0.05) is 28.1 Å². The molecule has 2 heteroatoms. The second-order valence-corrected chi connectivity index (χ2v) is 4.66. The maximum Gasteiger partial charge on any atom is 0.0180 e. The van der Waals surface area contributed by atoms with Crippen LogP contribution in [0.5, 0.6) is 0 Å². The smallest absolute Gasteiger partial charge is 0.0180 e. The first kappa shape index (κ1) is 12.5. The average molecular weight is 268 g/mol. The fourth-order valence-corrected chi connectivity index (χ4v) is 2.30. The Morgan fingerprint density at radius 2 is 1.87 bits per heavy atom. The van der Waals surface area contributed by atoms with Crippen molar-refractivity contribution in [2.45, 2.75) is 20.3 Å². The van der Waals surface area contributed by atoms with E-state index in [4.69, 9.17) is 0 Å². The van der Waals surface area contributed by atoms with Gasteiger partial charge in [0.15, 0.2) is 0 Å². The van der Waals surface area contributed by atoms with Gasteiger partial charge in [-0.3, -0.25) is 0 Å². The summed E-state index contributed by atoms with van der Waals surface area (Å²) in [6.07, 6.45) is 5.51. The van der Waals surface area contributed by atoms with E-state index in [1.54, 1.807) is 0 Å². The molecule has 0 radical (unpaired) electrons. The molecule has 0 atom stereocenters. The molecule has 0 aliphatic heterocycles. The van der Waals surface area contributed by atoms with E-state index in [9.17, 15) is 0 Å². The van der Waals surface area contributed by atoms with Crippen molar-refractivity contribution in [1.82, 2.24) is 5.32 Å². The SMILES string of the molecule is CNCCC=Cc1c(C)cc(Br)cc1C. The first-order chi connectivity index (χ1) is 7.15. The molecule has 0 spiro atoms. The highest BCUT2D eigenvalue weighted by molar-refractivity contribution is 9.10. The molecular formula is C13H18BrN. The Kier molecular flexibility index (Phi) is 5.06. The molecule has 0 bridgehead atoms. The van der Waals surface area contributed by atoms with Crippen molar-refractivity contribution < 1.29 is 0 Å². The van der Waals surface area contributed by atoms with Crippen LogP contribution >= 0.6 is 15.9 Å². The molecule has 0 fully saturated rings. The molecule has 0 aliphatic rings. The van der Waals surface area contributed by atoms with Crippen molar-refractivity contribution in [3.05, 3.63) is 39.4 Å². The van der Waals surface area contributed by atoms with Crippen LogP contribution in [-0.2, 0) is 0 Å². The van der Waals surface area contributed by atoms with Crippen LogP contribution in [0.2, 0.25) is 0 Å². The summed E-state index contributed by atoms with van der Waals surface area (Å²) in [4.78, 5) is 0. The van der Waals surface area contributed by atoms with Gasteiger partial charge in [0.2, 0.25) is 0 Å². The van der Waals surface area contributed by atoms with Crippen LogP contribution in [0.15, 0.2) is 22.7 Å². The molecule has 15 heavy (non-hydrogen) atoms. The van der Waals surface area contributed by atoms with Crippen LogP contribution in [-0.4, -0.2) is 13.6 Å². The van der Waals surface area contributed by atoms with E-state index >= 15 is 0 Å². The van der Waals surface area contributed by atoms with Gasteiger partial charge in [-0.2, -0.15) is 0 Å². The Morgan fingerprint density at radius 1 is 1.27 bits per heavy atom. The molecule has 0 amide bonds. The number of benzene rings is 1. The monoisotopic (exact) mass is 267 g/mol. The molecule has 0 aliphatic carbocycles. The summed E-state index contributed by atoms with van der Waals surface area (Å²) in [6, 6.07) is 4.31. The Labute approximate surface area is 101 Å². The fourth-order valence-electron chi connectivity index (χ4n) is 1.61. The first-order valence-corrected chi connectivity index (χ1v) is 6.02. The maximum absolute atomic E-state index is 3.51. The Morgan fingerprint density at radius 3 is 2.40 bits per heavy atom. The van der Waals surface area contributed by atoms with Crippen molar-refractivity contribution in [1.29, 1.82) is 0 Å². The topological polar surface area (TPSA) is 12.0 Å². The average Bonchev–Trinajstić information content (AvgIpc) is 2.15. The van der Waals surface area contributed by atoms with E-state index in [0.717, 1.165) is 17.4 Å². The molecule has 0 saturated carbocycles. The highest BCUT2D eigenvalue weighted by Gasteiger charge is 2.00. The van der Waals surface area contributed by atoms with Crippen molar-refractivity contribution in [2.75, 3.05) is 13.6 Å². The van der Waals surface area contributed by atoms with Crippen molar-refractivity contribution >= 4 is 22.0 Å². The summed E-state index contributed by atoms with van der Waals surface area (Å²) < 4.78 is 1.16. The molecule has 0 unspecified atom stereocenters. The number of hydrogen-bond acceptors (Lipinski definition) is 1. The quantitative estimate of drug-likeness (QED) is 0.821. The van der Waals surface area contributed by atoms with Gasteiger partial charge in [-0.25, -0.2) is 0 Å². The predicted octanol–water partition coefficient (Wildman–Crippen LogP) is 3.69. The van der Waals surface area contributed by atoms with Gasteiger partial charge in [0, 0.05) is 4.47 Å². The molecular weight excluding hydrogens is 250 g/mol. The first-order valence-electron chi connectivity index (χ1n) is 5.23. The number of rotatable bonds is 4. The van der Waals surface area contributed by atoms with Crippen LogP contribution in [0, 0.1) is 13.8 Å². The third-order valence-electron chi connectivity index (χ3n) is 2.40. The second kappa shape index (κ2) is 6.09. The van der Waals surface area contributed by atoms with Gasteiger partial charge in [-0.05, 0) is 62.7 Å². The molecule has 0 saturated heterocycles. The zero-order chi connectivity index (χ0) is 11.3.